The molecule has 7 heteroatoms. The first-order chi connectivity index (χ1) is 16.3. The molecule has 1 aliphatic carbocycles. The first kappa shape index (κ1) is 24.1. The van der Waals surface area contributed by atoms with Crippen molar-refractivity contribution in [2.45, 2.75) is 72.5 Å². The van der Waals surface area contributed by atoms with Crippen molar-refractivity contribution in [2.75, 3.05) is 5.32 Å². The zero-order valence-corrected chi connectivity index (χ0v) is 21.0. The van der Waals surface area contributed by atoms with E-state index >= 15 is 0 Å². The quantitative estimate of drug-likeness (QED) is 0.366. The minimum absolute atomic E-state index is 0.173. The Morgan fingerprint density at radius 1 is 1.12 bits per heavy atom. The van der Waals surface area contributed by atoms with E-state index in [1.165, 1.54) is 11.3 Å². The lowest BCUT2D eigenvalue weighted by Gasteiger charge is -2.15. The topological polar surface area (TPSA) is 77.8 Å². The number of amides is 1. The van der Waals surface area contributed by atoms with Crippen LogP contribution in [0.1, 0.15) is 81.4 Å². The minimum Gasteiger partial charge on any atom is -0.486 e. The zero-order chi connectivity index (χ0) is 24.2. The van der Waals surface area contributed by atoms with Gasteiger partial charge in [0.15, 0.2) is 5.76 Å². The van der Waals surface area contributed by atoms with E-state index in [0.29, 0.717) is 16.3 Å². The van der Waals surface area contributed by atoms with E-state index in [2.05, 4.69) is 11.4 Å². The highest BCUT2D eigenvalue weighted by Gasteiger charge is 2.28. The molecule has 0 spiro atoms. The van der Waals surface area contributed by atoms with Gasteiger partial charge in [-0.15, -0.1) is 11.3 Å². The maximum absolute atomic E-state index is 13.0. The second-order valence-electron chi connectivity index (χ2n) is 8.87. The molecule has 1 atom stereocenters. The molecule has 0 bridgehead atoms. The summed E-state index contributed by atoms with van der Waals surface area (Å²) in [5.74, 6) is 0.714. The molecular weight excluding hydrogens is 450 g/mol. The Morgan fingerprint density at radius 3 is 2.59 bits per heavy atom. The van der Waals surface area contributed by atoms with Gasteiger partial charge >= 0.3 is 5.97 Å². The fourth-order valence-electron chi connectivity index (χ4n) is 4.11. The lowest BCUT2D eigenvalue weighted by molar-refractivity contribution is 0.0335. The van der Waals surface area contributed by atoms with Crippen LogP contribution in [0, 0.1) is 13.8 Å². The minimum atomic E-state index is -0.395. The van der Waals surface area contributed by atoms with E-state index in [9.17, 15) is 9.59 Å². The third-order valence-corrected chi connectivity index (χ3v) is 7.15. The van der Waals surface area contributed by atoms with Crippen LogP contribution in [0.2, 0.25) is 0 Å². The Balaban J connectivity index is 1.48. The van der Waals surface area contributed by atoms with Crippen LogP contribution in [0.3, 0.4) is 0 Å². The second kappa shape index (κ2) is 10.5. The van der Waals surface area contributed by atoms with E-state index in [1.807, 2.05) is 39.8 Å². The van der Waals surface area contributed by atoms with Crippen molar-refractivity contribution in [3.63, 3.8) is 0 Å². The average molecular weight is 482 g/mol. The van der Waals surface area contributed by atoms with Crippen molar-refractivity contribution in [1.82, 2.24) is 0 Å². The highest BCUT2D eigenvalue weighted by molar-refractivity contribution is 7.17. The van der Waals surface area contributed by atoms with Gasteiger partial charge in [0.05, 0.1) is 11.7 Å². The Morgan fingerprint density at radius 2 is 1.85 bits per heavy atom. The number of thiophene rings is 1. The number of carbonyl (C=O) groups excluding carboxylic acids is 2. The Bertz CT molecular complexity index is 1170. The Hall–Kier alpha value is -3.06. The molecule has 4 rings (SSSR count). The lowest BCUT2D eigenvalue weighted by Crippen LogP contribution is -2.18. The molecule has 1 N–H and O–H groups in total. The molecule has 180 valence electrons. The van der Waals surface area contributed by atoms with Crippen molar-refractivity contribution >= 4 is 28.2 Å². The molecule has 0 saturated heterocycles. The fourth-order valence-corrected chi connectivity index (χ4v) is 5.38. The molecule has 34 heavy (non-hydrogen) atoms. The van der Waals surface area contributed by atoms with Crippen molar-refractivity contribution in [3.05, 3.63) is 69.0 Å². The van der Waals surface area contributed by atoms with Crippen LogP contribution >= 0.6 is 11.3 Å². The van der Waals surface area contributed by atoms with E-state index in [-0.39, 0.29) is 24.4 Å². The van der Waals surface area contributed by atoms with Crippen molar-refractivity contribution in [3.8, 4) is 5.75 Å². The van der Waals surface area contributed by atoms with Gasteiger partial charge < -0.3 is 19.2 Å². The number of rotatable bonds is 8. The largest absolute Gasteiger partial charge is 0.486 e. The van der Waals surface area contributed by atoms with Gasteiger partial charge in [-0.05, 0) is 93.8 Å². The molecule has 1 unspecified atom stereocenters. The van der Waals surface area contributed by atoms with Crippen LogP contribution < -0.4 is 10.1 Å². The van der Waals surface area contributed by atoms with Crippen molar-refractivity contribution in [2.24, 2.45) is 0 Å². The molecule has 0 radical (unpaired) electrons. The number of aryl methyl sites for hydroxylation is 3. The molecule has 1 amide bonds. The normalized spacial score (nSPS) is 13.8. The predicted molar refractivity (Wildman–Crippen MR) is 133 cm³/mol. The van der Waals surface area contributed by atoms with Crippen molar-refractivity contribution < 1.29 is 23.5 Å². The molecular formula is C27H31NO5S. The Labute approximate surface area is 204 Å². The van der Waals surface area contributed by atoms with Gasteiger partial charge in [-0.1, -0.05) is 13.0 Å². The third kappa shape index (κ3) is 5.53. The van der Waals surface area contributed by atoms with Gasteiger partial charge in [0.2, 0.25) is 0 Å². The van der Waals surface area contributed by atoms with Gasteiger partial charge in [0.1, 0.15) is 23.1 Å². The summed E-state index contributed by atoms with van der Waals surface area (Å²) in [6.07, 6.45) is 4.41. The lowest BCUT2D eigenvalue weighted by atomic mass is 9.95. The van der Waals surface area contributed by atoms with Crippen LogP contribution in [-0.4, -0.2) is 18.0 Å². The number of nitrogens with one attached hydrogen (secondary N) is 1. The van der Waals surface area contributed by atoms with Crippen LogP contribution in [-0.2, 0) is 24.2 Å². The number of hydrogen-bond donors (Lipinski definition) is 1. The summed E-state index contributed by atoms with van der Waals surface area (Å²) >= 11 is 1.47. The van der Waals surface area contributed by atoms with E-state index in [4.69, 9.17) is 13.9 Å². The fraction of sp³-hybridized carbons (Fsp3) is 0.407. The van der Waals surface area contributed by atoms with E-state index in [0.717, 1.165) is 59.4 Å². The van der Waals surface area contributed by atoms with Gasteiger partial charge in [0.25, 0.3) is 5.91 Å². The van der Waals surface area contributed by atoms with Crippen LogP contribution in [0.4, 0.5) is 5.00 Å². The predicted octanol–water partition coefficient (Wildman–Crippen LogP) is 6.62. The standard InChI is InChI=1S/C27H31NO5S/c1-5-18(4)32-27(30)24-21-8-6-7-9-23(21)34-26(24)28-25(29)22-11-10-19(33-22)15-31-20-13-16(2)12-17(3)14-20/h10-14,18H,5-9,15H2,1-4H3,(H,28,29). The molecule has 0 saturated carbocycles. The van der Waals surface area contributed by atoms with Crippen LogP contribution in [0.5, 0.6) is 5.75 Å². The summed E-state index contributed by atoms with van der Waals surface area (Å²) in [7, 11) is 0. The highest BCUT2D eigenvalue weighted by Crippen LogP contribution is 2.39. The molecule has 0 aliphatic heterocycles. The smallest absolute Gasteiger partial charge is 0.341 e. The van der Waals surface area contributed by atoms with Gasteiger partial charge in [-0.2, -0.15) is 0 Å². The summed E-state index contributed by atoms with van der Waals surface area (Å²) in [5.41, 5.74) is 3.76. The van der Waals surface area contributed by atoms with Crippen LogP contribution in [0.15, 0.2) is 34.7 Å². The highest BCUT2D eigenvalue weighted by atomic mass is 32.1. The van der Waals surface area contributed by atoms with E-state index in [1.54, 1.807) is 12.1 Å². The number of benzene rings is 1. The molecule has 3 aromatic rings. The monoisotopic (exact) mass is 481 g/mol. The number of fused-ring (bicyclic) bond motifs is 1. The molecule has 0 fully saturated rings. The summed E-state index contributed by atoms with van der Waals surface area (Å²) in [4.78, 5) is 27.1. The number of esters is 1. The van der Waals surface area contributed by atoms with E-state index < -0.39 is 5.91 Å². The SMILES string of the molecule is CCC(C)OC(=O)c1c(NC(=O)c2ccc(COc3cc(C)cc(C)c3)o2)sc2c1CCCC2. The number of carbonyl (C=O) groups is 2. The molecule has 6 nitrogen and oxygen atoms in total. The number of hydrogen-bond acceptors (Lipinski definition) is 6. The van der Waals surface area contributed by atoms with Gasteiger partial charge in [0, 0.05) is 4.88 Å². The Kier molecular flexibility index (Phi) is 7.41. The van der Waals surface area contributed by atoms with Crippen LogP contribution in [0.25, 0.3) is 0 Å². The number of furan rings is 1. The summed E-state index contributed by atoms with van der Waals surface area (Å²) in [5, 5.41) is 3.44. The molecule has 1 aromatic carbocycles. The number of ether oxygens (including phenoxy) is 2. The first-order valence-corrected chi connectivity index (χ1v) is 12.6. The molecule has 2 aromatic heterocycles. The van der Waals surface area contributed by atoms with Crippen molar-refractivity contribution in [1.29, 1.82) is 0 Å². The summed E-state index contributed by atoms with van der Waals surface area (Å²) < 4.78 is 17.2. The zero-order valence-electron chi connectivity index (χ0n) is 20.2. The maximum atomic E-state index is 13.0. The molecule has 2 heterocycles. The molecule has 1 aliphatic rings. The second-order valence-corrected chi connectivity index (χ2v) is 9.98. The first-order valence-electron chi connectivity index (χ1n) is 11.8. The van der Waals surface area contributed by atoms with Gasteiger partial charge in [-0.25, -0.2) is 4.79 Å². The number of anilines is 1. The third-order valence-electron chi connectivity index (χ3n) is 5.95. The maximum Gasteiger partial charge on any atom is 0.341 e. The summed E-state index contributed by atoms with van der Waals surface area (Å²) in [6.45, 7) is 8.10. The summed E-state index contributed by atoms with van der Waals surface area (Å²) in [6, 6.07) is 9.36. The average Bonchev–Trinajstić information content (AvgIpc) is 3.41. The van der Waals surface area contributed by atoms with Gasteiger partial charge in [-0.3, -0.25) is 4.79 Å².